The van der Waals surface area contributed by atoms with Gasteiger partial charge in [0.2, 0.25) is 0 Å². The molecule has 0 atom stereocenters. The number of rotatable bonds is 5. The molecule has 0 unspecified atom stereocenters. The van der Waals surface area contributed by atoms with Crippen LogP contribution in [0.5, 0.6) is 0 Å². The van der Waals surface area contributed by atoms with Crippen LogP contribution in [-0.4, -0.2) is 28.3 Å². The normalized spacial score (nSPS) is 10.1. The Bertz CT molecular complexity index is 317. The van der Waals surface area contributed by atoms with E-state index in [1.54, 1.807) is 18.0 Å². The van der Waals surface area contributed by atoms with E-state index in [1.807, 2.05) is 12.1 Å². The molecule has 0 aliphatic rings. The van der Waals surface area contributed by atoms with Crippen LogP contribution in [0.1, 0.15) is 11.3 Å². The maximum Gasteiger partial charge on any atom is 0.142 e. The second-order valence-electron chi connectivity index (χ2n) is 2.70. The van der Waals surface area contributed by atoms with Crippen molar-refractivity contribution in [2.75, 3.05) is 12.4 Å². The van der Waals surface area contributed by atoms with Gasteiger partial charge in [-0.15, -0.1) is 0 Å². The zero-order valence-electron chi connectivity index (χ0n) is 7.73. The molecule has 5 heteroatoms. The monoisotopic (exact) mass is 211 g/mol. The average Bonchev–Trinajstić information content (AvgIpc) is 2.19. The third kappa shape index (κ3) is 3.01. The fourth-order valence-corrected chi connectivity index (χ4v) is 1.77. The van der Waals surface area contributed by atoms with Gasteiger partial charge >= 0.3 is 0 Å². The van der Waals surface area contributed by atoms with Gasteiger partial charge in [-0.05, 0) is 11.6 Å². The number of aliphatic hydroxyl groups excluding tert-OH is 1. The lowest BCUT2D eigenvalue weighted by Crippen LogP contribution is -2.15. The van der Waals surface area contributed by atoms with Gasteiger partial charge in [0.05, 0.1) is 6.61 Å². The molecular formula is C9H13N3OS. The van der Waals surface area contributed by atoms with Gasteiger partial charge in [0.25, 0.3) is 0 Å². The summed E-state index contributed by atoms with van der Waals surface area (Å²) in [5.74, 6) is 1.40. The number of nitrogen functional groups attached to an aromatic ring is 1. The molecule has 0 saturated carbocycles. The molecule has 0 aliphatic heterocycles. The molecule has 0 bridgehead atoms. The van der Waals surface area contributed by atoms with Crippen molar-refractivity contribution in [2.24, 2.45) is 5.73 Å². The lowest BCUT2D eigenvalue weighted by atomic mass is 10.2. The SMILES string of the molecule is N=C(N)c1ncccc1CSCCO. The van der Waals surface area contributed by atoms with Crippen LogP contribution in [0.15, 0.2) is 18.3 Å². The summed E-state index contributed by atoms with van der Waals surface area (Å²) in [6.45, 7) is 0.167. The van der Waals surface area contributed by atoms with Crippen molar-refractivity contribution in [3.63, 3.8) is 0 Å². The second kappa shape index (κ2) is 5.62. The van der Waals surface area contributed by atoms with E-state index in [9.17, 15) is 0 Å². The van der Waals surface area contributed by atoms with Crippen LogP contribution in [0.4, 0.5) is 0 Å². The highest BCUT2D eigenvalue weighted by Crippen LogP contribution is 2.13. The summed E-state index contributed by atoms with van der Waals surface area (Å²) >= 11 is 1.60. The highest BCUT2D eigenvalue weighted by atomic mass is 32.2. The first-order chi connectivity index (χ1) is 6.75. The number of amidine groups is 1. The Morgan fingerprint density at radius 1 is 1.64 bits per heavy atom. The van der Waals surface area contributed by atoms with Crippen molar-refractivity contribution in [3.8, 4) is 0 Å². The third-order valence-corrected chi connectivity index (χ3v) is 2.63. The van der Waals surface area contributed by atoms with E-state index < -0.39 is 0 Å². The summed E-state index contributed by atoms with van der Waals surface area (Å²) in [7, 11) is 0. The summed E-state index contributed by atoms with van der Waals surface area (Å²) in [5.41, 5.74) is 6.86. The summed E-state index contributed by atoms with van der Waals surface area (Å²) in [4.78, 5) is 4.03. The standard InChI is InChI=1S/C9H13N3OS/c10-9(11)8-7(2-1-3-12-8)6-14-5-4-13/h1-3,13H,4-6H2,(H3,10,11). The lowest BCUT2D eigenvalue weighted by Gasteiger charge is -2.05. The molecule has 4 nitrogen and oxygen atoms in total. The van der Waals surface area contributed by atoms with Gasteiger partial charge in [-0.2, -0.15) is 11.8 Å². The van der Waals surface area contributed by atoms with Crippen LogP contribution in [0.2, 0.25) is 0 Å². The summed E-state index contributed by atoms with van der Waals surface area (Å²) in [6, 6.07) is 3.72. The van der Waals surface area contributed by atoms with Crippen molar-refractivity contribution >= 4 is 17.6 Å². The highest BCUT2D eigenvalue weighted by Gasteiger charge is 2.05. The summed E-state index contributed by atoms with van der Waals surface area (Å²) in [5, 5.41) is 15.9. The van der Waals surface area contributed by atoms with Gasteiger partial charge in [0.1, 0.15) is 11.5 Å². The molecule has 1 rings (SSSR count). The largest absolute Gasteiger partial charge is 0.396 e. The van der Waals surface area contributed by atoms with Gasteiger partial charge in [0.15, 0.2) is 0 Å². The summed E-state index contributed by atoms with van der Waals surface area (Å²) in [6.07, 6.45) is 1.62. The molecule has 1 aromatic heterocycles. The fourth-order valence-electron chi connectivity index (χ4n) is 1.04. The number of nitrogens with one attached hydrogen (secondary N) is 1. The van der Waals surface area contributed by atoms with E-state index in [0.29, 0.717) is 11.4 Å². The van der Waals surface area contributed by atoms with E-state index in [0.717, 1.165) is 11.3 Å². The highest BCUT2D eigenvalue weighted by molar-refractivity contribution is 7.98. The molecule has 0 aliphatic carbocycles. The maximum atomic E-state index is 8.62. The third-order valence-electron chi connectivity index (χ3n) is 1.64. The van der Waals surface area contributed by atoms with Crippen molar-refractivity contribution in [1.29, 1.82) is 5.41 Å². The Labute approximate surface area is 87.1 Å². The van der Waals surface area contributed by atoms with Crippen LogP contribution < -0.4 is 5.73 Å². The van der Waals surface area contributed by atoms with E-state index in [2.05, 4.69) is 4.98 Å². The Morgan fingerprint density at radius 3 is 3.07 bits per heavy atom. The molecule has 0 amide bonds. The Hall–Kier alpha value is -1.07. The minimum Gasteiger partial charge on any atom is -0.396 e. The molecule has 0 saturated heterocycles. The quantitative estimate of drug-likeness (QED) is 0.378. The number of nitrogens with two attached hydrogens (primary N) is 1. The predicted octanol–water partition coefficient (Wildman–Crippen LogP) is 0.591. The second-order valence-corrected chi connectivity index (χ2v) is 3.81. The molecule has 0 aromatic carbocycles. The topological polar surface area (TPSA) is 83.0 Å². The minimum absolute atomic E-state index is 0.00908. The lowest BCUT2D eigenvalue weighted by molar-refractivity contribution is 0.322. The molecule has 1 heterocycles. The van der Waals surface area contributed by atoms with Crippen molar-refractivity contribution in [1.82, 2.24) is 4.98 Å². The van der Waals surface area contributed by atoms with Gasteiger partial charge in [-0.25, -0.2) is 0 Å². The van der Waals surface area contributed by atoms with E-state index >= 15 is 0 Å². The smallest absolute Gasteiger partial charge is 0.142 e. The van der Waals surface area contributed by atoms with Gasteiger partial charge in [-0.1, -0.05) is 6.07 Å². The van der Waals surface area contributed by atoms with E-state index in [4.69, 9.17) is 16.2 Å². The average molecular weight is 211 g/mol. The Balaban J connectivity index is 2.69. The number of hydrogen-bond acceptors (Lipinski definition) is 4. The van der Waals surface area contributed by atoms with Gasteiger partial charge in [0, 0.05) is 17.7 Å². The van der Waals surface area contributed by atoms with E-state index in [1.165, 1.54) is 0 Å². The van der Waals surface area contributed by atoms with Gasteiger partial charge < -0.3 is 10.8 Å². The predicted molar refractivity (Wildman–Crippen MR) is 58.5 cm³/mol. The number of aliphatic hydroxyl groups is 1. The first-order valence-electron chi connectivity index (χ1n) is 4.22. The van der Waals surface area contributed by atoms with Crippen LogP contribution in [0.25, 0.3) is 0 Å². The first kappa shape index (κ1) is 11.0. The van der Waals surface area contributed by atoms with Crippen LogP contribution in [0.3, 0.4) is 0 Å². The first-order valence-corrected chi connectivity index (χ1v) is 5.38. The molecule has 0 spiro atoms. The maximum absolute atomic E-state index is 8.62. The molecule has 1 aromatic rings. The fraction of sp³-hybridized carbons (Fsp3) is 0.333. The Kier molecular flexibility index (Phi) is 4.42. The molecule has 0 fully saturated rings. The number of hydrogen-bond donors (Lipinski definition) is 3. The number of pyridine rings is 1. The molecule has 4 N–H and O–H groups in total. The molecule has 76 valence electrons. The summed E-state index contributed by atoms with van der Waals surface area (Å²) < 4.78 is 0. The van der Waals surface area contributed by atoms with Gasteiger partial charge in [-0.3, -0.25) is 10.4 Å². The molecular weight excluding hydrogens is 198 g/mol. The zero-order chi connectivity index (χ0) is 10.4. The van der Waals surface area contributed by atoms with Crippen LogP contribution in [0, 0.1) is 5.41 Å². The van der Waals surface area contributed by atoms with Crippen LogP contribution in [-0.2, 0) is 5.75 Å². The minimum atomic E-state index is -0.00908. The zero-order valence-corrected chi connectivity index (χ0v) is 8.55. The molecule has 0 radical (unpaired) electrons. The Morgan fingerprint density at radius 2 is 2.43 bits per heavy atom. The van der Waals surface area contributed by atoms with Crippen molar-refractivity contribution < 1.29 is 5.11 Å². The van der Waals surface area contributed by atoms with Crippen molar-refractivity contribution in [2.45, 2.75) is 5.75 Å². The molecule has 14 heavy (non-hydrogen) atoms. The number of aromatic nitrogens is 1. The van der Waals surface area contributed by atoms with Crippen molar-refractivity contribution in [3.05, 3.63) is 29.6 Å². The number of thioether (sulfide) groups is 1. The number of nitrogens with zero attached hydrogens (tertiary/aromatic N) is 1. The van der Waals surface area contributed by atoms with Crippen LogP contribution >= 0.6 is 11.8 Å². The van der Waals surface area contributed by atoms with E-state index in [-0.39, 0.29) is 12.4 Å².